The van der Waals surface area contributed by atoms with E-state index in [1.807, 2.05) is 12.1 Å². The van der Waals surface area contributed by atoms with Crippen LogP contribution in [0.2, 0.25) is 0 Å². The molecule has 0 spiro atoms. The summed E-state index contributed by atoms with van der Waals surface area (Å²) in [6.07, 6.45) is 0.960. The molecule has 0 radical (unpaired) electrons. The first-order valence-electron chi connectivity index (χ1n) is 6.25. The number of ether oxygens (including phenoxy) is 1. The van der Waals surface area contributed by atoms with Crippen LogP contribution in [0.1, 0.15) is 31.0 Å². The van der Waals surface area contributed by atoms with Crippen molar-refractivity contribution in [1.82, 2.24) is 0 Å². The second kappa shape index (κ2) is 5.07. The Kier molecular flexibility index (Phi) is 3.69. The third-order valence-corrected chi connectivity index (χ3v) is 3.63. The summed E-state index contributed by atoms with van der Waals surface area (Å²) in [5.41, 5.74) is 8.58. The van der Waals surface area contributed by atoms with Gasteiger partial charge in [0.15, 0.2) is 0 Å². The molecule has 3 heteroatoms. The summed E-state index contributed by atoms with van der Waals surface area (Å²) >= 11 is 0. The Labute approximate surface area is 103 Å². The van der Waals surface area contributed by atoms with E-state index in [0.29, 0.717) is 5.92 Å². The molecule has 1 aromatic rings. The predicted octanol–water partition coefficient (Wildman–Crippen LogP) is 1.89. The van der Waals surface area contributed by atoms with E-state index in [4.69, 9.17) is 10.5 Å². The maximum Gasteiger partial charge on any atom is 0.122 e. The van der Waals surface area contributed by atoms with Gasteiger partial charge in [-0.2, -0.15) is 0 Å². The molecule has 0 saturated heterocycles. The maximum atomic E-state index is 9.42. The van der Waals surface area contributed by atoms with Crippen molar-refractivity contribution in [2.24, 2.45) is 17.6 Å². The molecule has 0 amide bonds. The van der Waals surface area contributed by atoms with Crippen LogP contribution in [0.15, 0.2) is 18.2 Å². The van der Waals surface area contributed by atoms with Gasteiger partial charge in [0.1, 0.15) is 5.75 Å². The Morgan fingerprint density at radius 3 is 2.82 bits per heavy atom. The highest BCUT2D eigenvalue weighted by Crippen LogP contribution is 2.31. The number of hydrogen-bond donors (Lipinski definition) is 2. The minimum Gasteiger partial charge on any atom is -0.493 e. The van der Waals surface area contributed by atoms with E-state index < -0.39 is 0 Å². The Balaban J connectivity index is 2.21. The van der Waals surface area contributed by atoms with Crippen LogP contribution < -0.4 is 10.5 Å². The molecule has 1 aromatic carbocycles. The lowest BCUT2D eigenvalue weighted by molar-refractivity contribution is 0.166. The monoisotopic (exact) mass is 235 g/mol. The topological polar surface area (TPSA) is 55.5 Å². The van der Waals surface area contributed by atoms with E-state index >= 15 is 0 Å². The summed E-state index contributed by atoms with van der Waals surface area (Å²) in [4.78, 5) is 0. The van der Waals surface area contributed by atoms with Crippen LogP contribution in [0.25, 0.3) is 0 Å². The van der Waals surface area contributed by atoms with Crippen molar-refractivity contribution in [2.75, 3.05) is 13.2 Å². The van der Waals surface area contributed by atoms with E-state index in [9.17, 15) is 5.11 Å². The number of fused-ring (bicyclic) bond motifs is 1. The van der Waals surface area contributed by atoms with Gasteiger partial charge in [-0.25, -0.2) is 0 Å². The van der Waals surface area contributed by atoms with Gasteiger partial charge >= 0.3 is 0 Å². The third-order valence-electron chi connectivity index (χ3n) is 3.63. The summed E-state index contributed by atoms with van der Waals surface area (Å²) in [6, 6.07) is 6.02. The number of hydrogen-bond acceptors (Lipinski definition) is 3. The van der Waals surface area contributed by atoms with E-state index in [1.165, 1.54) is 5.56 Å². The minimum absolute atomic E-state index is 0.106. The van der Waals surface area contributed by atoms with Crippen LogP contribution in [0.4, 0.5) is 0 Å². The Morgan fingerprint density at radius 2 is 2.18 bits per heavy atom. The lowest BCUT2D eigenvalue weighted by atomic mass is 9.85. The van der Waals surface area contributed by atoms with Crippen molar-refractivity contribution in [2.45, 2.75) is 26.3 Å². The predicted molar refractivity (Wildman–Crippen MR) is 68.0 cm³/mol. The molecule has 0 saturated carbocycles. The van der Waals surface area contributed by atoms with Gasteiger partial charge in [-0.1, -0.05) is 26.0 Å². The first-order chi connectivity index (χ1) is 8.13. The standard InChI is InChI=1S/C14H21NO2/c1-9(2)12(8-16)14(15)11-3-4-13-10(7-11)5-6-17-13/h3-4,7,9,12,14,16H,5-6,8,15H2,1-2H3. The molecular weight excluding hydrogens is 214 g/mol. The van der Waals surface area contributed by atoms with Crippen molar-refractivity contribution in [3.63, 3.8) is 0 Å². The van der Waals surface area contributed by atoms with Crippen LogP contribution in [0.3, 0.4) is 0 Å². The lowest BCUT2D eigenvalue weighted by Crippen LogP contribution is -2.28. The van der Waals surface area contributed by atoms with Crippen LogP contribution in [-0.4, -0.2) is 18.3 Å². The largest absolute Gasteiger partial charge is 0.493 e. The highest BCUT2D eigenvalue weighted by molar-refractivity contribution is 5.40. The second-order valence-electron chi connectivity index (χ2n) is 5.08. The fourth-order valence-corrected chi connectivity index (χ4v) is 2.40. The fraction of sp³-hybridized carbons (Fsp3) is 0.571. The van der Waals surface area contributed by atoms with E-state index in [-0.39, 0.29) is 18.6 Å². The van der Waals surface area contributed by atoms with Crippen molar-refractivity contribution in [1.29, 1.82) is 0 Å². The van der Waals surface area contributed by atoms with Crippen LogP contribution in [0, 0.1) is 11.8 Å². The molecule has 1 aliphatic heterocycles. The zero-order valence-corrected chi connectivity index (χ0v) is 10.5. The SMILES string of the molecule is CC(C)C(CO)C(N)c1ccc2c(c1)CCO2. The molecule has 1 heterocycles. The van der Waals surface area contributed by atoms with E-state index in [1.54, 1.807) is 0 Å². The fourth-order valence-electron chi connectivity index (χ4n) is 2.40. The maximum absolute atomic E-state index is 9.42. The van der Waals surface area contributed by atoms with E-state index in [2.05, 4.69) is 19.9 Å². The molecule has 2 atom stereocenters. The third kappa shape index (κ3) is 2.45. The average molecular weight is 235 g/mol. The van der Waals surface area contributed by atoms with Crippen molar-refractivity contribution in [3.05, 3.63) is 29.3 Å². The van der Waals surface area contributed by atoms with Crippen molar-refractivity contribution < 1.29 is 9.84 Å². The summed E-state index contributed by atoms with van der Waals surface area (Å²) < 4.78 is 5.48. The number of nitrogens with two attached hydrogens (primary N) is 1. The normalized spacial score (nSPS) is 17.7. The summed E-state index contributed by atoms with van der Waals surface area (Å²) in [6.45, 7) is 5.09. The van der Waals surface area contributed by atoms with Gasteiger partial charge in [0.2, 0.25) is 0 Å². The number of aliphatic hydroxyl groups excluding tert-OH is 1. The molecule has 17 heavy (non-hydrogen) atoms. The molecular formula is C14H21NO2. The van der Waals surface area contributed by atoms with Gasteiger partial charge in [-0.05, 0) is 23.1 Å². The highest BCUT2D eigenvalue weighted by atomic mass is 16.5. The molecule has 1 aliphatic rings. The van der Waals surface area contributed by atoms with Gasteiger partial charge in [0.25, 0.3) is 0 Å². The van der Waals surface area contributed by atoms with Gasteiger partial charge < -0.3 is 15.6 Å². The van der Waals surface area contributed by atoms with Crippen molar-refractivity contribution >= 4 is 0 Å². The quantitative estimate of drug-likeness (QED) is 0.838. The summed E-state index contributed by atoms with van der Waals surface area (Å²) in [5, 5.41) is 9.42. The number of rotatable bonds is 4. The first-order valence-corrected chi connectivity index (χ1v) is 6.25. The van der Waals surface area contributed by atoms with Crippen LogP contribution in [-0.2, 0) is 6.42 Å². The van der Waals surface area contributed by atoms with E-state index in [0.717, 1.165) is 24.3 Å². The smallest absolute Gasteiger partial charge is 0.122 e. The molecule has 2 rings (SSSR count). The Bertz CT molecular complexity index is 390. The van der Waals surface area contributed by atoms with Gasteiger partial charge in [-0.15, -0.1) is 0 Å². The molecule has 0 bridgehead atoms. The number of aliphatic hydroxyl groups is 1. The van der Waals surface area contributed by atoms with Crippen LogP contribution >= 0.6 is 0 Å². The summed E-state index contributed by atoms with van der Waals surface area (Å²) in [5.74, 6) is 1.46. The molecule has 0 aliphatic carbocycles. The molecule has 0 fully saturated rings. The Hall–Kier alpha value is -1.06. The first kappa shape index (κ1) is 12.4. The minimum atomic E-state index is -0.106. The molecule has 3 N–H and O–H groups in total. The Morgan fingerprint density at radius 1 is 1.41 bits per heavy atom. The highest BCUT2D eigenvalue weighted by Gasteiger charge is 2.23. The zero-order chi connectivity index (χ0) is 12.4. The van der Waals surface area contributed by atoms with Gasteiger partial charge in [-0.3, -0.25) is 0 Å². The average Bonchev–Trinajstić information content (AvgIpc) is 2.75. The van der Waals surface area contributed by atoms with Crippen molar-refractivity contribution in [3.8, 4) is 5.75 Å². The number of benzene rings is 1. The zero-order valence-electron chi connectivity index (χ0n) is 10.5. The summed E-state index contributed by atoms with van der Waals surface area (Å²) in [7, 11) is 0. The molecule has 94 valence electrons. The molecule has 3 nitrogen and oxygen atoms in total. The van der Waals surface area contributed by atoms with Gasteiger partial charge in [0.05, 0.1) is 6.61 Å². The van der Waals surface area contributed by atoms with Gasteiger partial charge in [0, 0.05) is 25.0 Å². The van der Waals surface area contributed by atoms with Crippen LogP contribution in [0.5, 0.6) is 5.75 Å². The molecule has 0 aromatic heterocycles. The second-order valence-corrected chi connectivity index (χ2v) is 5.08. The lowest BCUT2D eigenvalue weighted by Gasteiger charge is -2.26. The molecule has 2 unspecified atom stereocenters.